The van der Waals surface area contributed by atoms with E-state index in [1.54, 1.807) is 13.8 Å². The molecule has 0 saturated carbocycles. The van der Waals surface area contributed by atoms with Crippen LogP contribution < -0.4 is 0 Å². The summed E-state index contributed by atoms with van der Waals surface area (Å²) in [7, 11) is 0. The molecule has 1 aliphatic rings. The molecule has 1 aromatic carbocycles. The molecule has 0 saturated heterocycles. The van der Waals surface area contributed by atoms with Gasteiger partial charge in [0.2, 0.25) is 0 Å². The summed E-state index contributed by atoms with van der Waals surface area (Å²) in [4.78, 5) is 23.9. The second-order valence-corrected chi connectivity index (χ2v) is 5.23. The predicted octanol–water partition coefficient (Wildman–Crippen LogP) is 2.76. The van der Waals surface area contributed by atoms with Gasteiger partial charge in [0.15, 0.2) is 5.78 Å². The third-order valence-corrected chi connectivity index (χ3v) is 3.38. The molecule has 0 N–H and O–H groups in total. The monoisotopic (exact) mass is 296 g/mol. The maximum Gasteiger partial charge on any atom is 0.317 e. The van der Waals surface area contributed by atoms with Crippen LogP contribution in [0.5, 0.6) is 0 Å². The maximum atomic E-state index is 12.1. The van der Waals surface area contributed by atoms with Gasteiger partial charge < -0.3 is 4.74 Å². The average Bonchev–Trinajstić information content (AvgIpc) is 2.56. The third kappa shape index (κ3) is 2.27. The van der Waals surface area contributed by atoms with Gasteiger partial charge in [-0.2, -0.15) is 0 Å². The number of rotatable bonds is 2. The Labute approximate surface area is 108 Å². The van der Waals surface area contributed by atoms with Gasteiger partial charge in [0.05, 0.1) is 6.10 Å². The van der Waals surface area contributed by atoms with Crippen molar-refractivity contribution < 1.29 is 14.3 Å². The second kappa shape index (κ2) is 4.61. The summed E-state index contributed by atoms with van der Waals surface area (Å²) < 4.78 is 5.85. The fourth-order valence-corrected chi connectivity index (χ4v) is 2.61. The Hall–Kier alpha value is -1.16. The van der Waals surface area contributed by atoms with Gasteiger partial charge in [-0.25, -0.2) is 0 Å². The number of hydrogen-bond donors (Lipinski definition) is 0. The first-order valence-electron chi connectivity index (χ1n) is 5.52. The quantitative estimate of drug-likeness (QED) is 0.623. The molecule has 0 fully saturated rings. The molecule has 1 atom stereocenters. The summed E-state index contributed by atoms with van der Waals surface area (Å²) in [6, 6.07) is 5.56. The van der Waals surface area contributed by atoms with E-state index in [1.165, 1.54) is 0 Å². The molecule has 3 nitrogen and oxygen atoms in total. The largest absolute Gasteiger partial charge is 0.462 e. The number of carbonyl (C=O) groups excluding carboxylic acids is 2. The fraction of sp³-hybridized carbons (Fsp3) is 0.385. The molecular formula is C13H13BrO3. The Balaban J connectivity index is 2.26. The number of Topliss-reactive ketones (excluding diaryl/α,β-unsaturated/α-hetero) is 1. The standard InChI is InChI=1S/C13H13BrO3/c1-7(2)17-13(16)9-6-8-4-3-5-10(14)11(8)12(9)15/h3-5,7,9H,6H2,1-2H3. The molecule has 17 heavy (non-hydrogen) atoms. The van der Waals surface area contributed by atoms with Crippen molar-refractivity contribution in [3.63, 3.8) is 0 Å². The van der Waals surface area contributed by atoms with Gasteiger partial charge in [0, 0.05) is 10.0 Å². The number of benzene rings is 1. The molecule has 4 heteroatoms. The van der Waals surface area contributed by atoms with Crippen LogP contribution in [0.2, 0.25) is 0 Å². The molecule has 2 rings (SSSR count). The molecule has 1 unspecified atom stereocenters. The van der Waals surface area contributed by atoms with E-state index in [0.29, 0.717) is 12.0 Å². The lowest BCUT2D eigenvalue weighted by Crippen LogP contribution is -2.25. The normalized spacial score (nSPS) is 18.4. The SMILES string of the molecule is CC(C)OC(=O)C1Cc2cccc(Br)c2C1=O. The molecule has 0 aromatic heterocycles. The van der Waals surface area contributed by atoms with Crippen molar-refractivity contribution in [1.29, 1.82) is 0 Å². The predicted molar refractivity (Wildman–Crippen MR) is 66.9 cm³/mol. The van der Waals surface area contributed by atoms with E-state index < -0.39 is 11.9 Å². The molecular weight excluding hydrogens is 284 g/mol. The van der Waals surface area contributed by atoms with Crippen LogP contribution in [-0.2, 0) is 16.0 Å². The Morgan fingerprint density at radius 2 is 2.18 bits per heavy atom. The minimum absolute atomic E-state index is 0.141. The molecule has 90 valence electrons. The highest BCUT2D eigenvalue weighted by Crippen LogP contribution is 2.33. The highest BCUT2D eigenvalue weighted by atomic mass is 79.9. The molecule has 0 radical (unpaired) electrons. The van der Waals surface area contributed by atoms with E-state index in [9.17, 15) is 9.59 Å². The number of carbonyl (C=O) groups is 2. The number of fused-ring (bicyclic) bond motifs is 1. The summed E-state index contributed by atoms with van der Waals surface area (Å²) in [6.45, 7) is 3.56. The van der Waals surface area contributed by atoms with Gasteiger partial charge in [-0.15, -0.1) is 0 Å². The first-order chi connectivity index (χ1) is 8.00. The topological polar surface area (TPSA) is 43.4 Å². The summed E-state index contributed by atoms with van der Waals surface area (Å²) >= 11 is 3.34. The number of ether oxygens (including phenoxy) is 1. The zero-order valence-corrected chi connectivity index (χ0v) is 11.3. The molecule has 0 amide bonds. The Morgan fingerprint density at radius 3 is 2.76 bits per heavy atom. The van der Waals surface area contributed by atoms with Crippen molar-refractivity contribution in [3.05, 3.63) is 33.8 Å². The maximum absolute atomic E-state index is 12.1. The van der Waals surface area contributed by atoms with Crippen molar-refractivity contribution in [2.45, 2.75) is 26.4 Å². The van der Waals surface area contributed by atoms with E-state index in [-0.39, 0.29) is 11.9 Å². The molecule has 0 heterocycles. The summed E-state index contributed by atoms with van der Waals surface area (Å²) in [6.07, 6.45) is 0.251. The number of ketones is 1. The Bertz CT molecular complexity index is 480. The number of esters is 1. The van der Waals surface area contributed by atoms with Crippen molar-refractivity contribution in [2.24, 2.45) is 5.92 Å². The van der Waals surface area contributed by atoms with Crippen molar-refractivity contribution in [3.8, 4) is 0 Å². The summed E-state index contributed by atoms with van der Waals surface area (Å²) in [5.74, 6) is -1.24. The van der Waals surface area contributed by atoms with Crippen LogP contribution >= 0.6 is 15.9 Å². The molecule has 1 aliphatic carbocycles. The second-order valence-electron chi connectivity index (χ2n) is 4.38. The molecule has 0 bridgehead atoms. The first kappa shape index (κ1) is 12.3. The van der Waals surface area contributed by atoms with Crippen molar-refractivity contribution >= 4 is 27.7 Å². The molecule has 1 aromatic rings. The minimum Gasteiger partial charge on any atom is -0.462 e. The van der Waals surface area contributed by atoms with E-state index in [1.807, 2.05) is 18.2 Å². The van der Waals surface area contributed by atoms with Crippen LogP contribution in [0.4, 0.5) is 0 Å². The van der Waals surface area contributed by atoms with Gasteiger partial charge in [0.1, 0.15) is 5.92 Å². The lowest BCUT2D eigenvalue weighted by atomic mass is 10.1. The van der Waals surface area contributed by atoms with Crippen molar-refractivity contribution in [2.75, 3.05) is 0 Å². The summed E-state index contributed by atoms with van der Waals surface area (Å²) in [5, 5.41) is 0. The van der Waals surface area contributed by atoms with Gasteiger partial charge in [-0.1, -0.05) is 28.1 Å². The minimum atomic E-state index is -0.675. The van der Waals surface area contributed by atoms with Crippen LogP contribution in [0.1, 0.15) is 29.8 Å². The van der Waals surface area contributed by atoms with Crippen LogP contribution in [0.25, 0.3) is 0 Å². The zero-order valence-electron chi connectivity index (χ0n) is 9.70. The van der Waals surface area contributed by atoms with E-state index in [4.69, 9.17) is 4.74 Å². The number of halogens is 1. The average molecular weight is 297 g/mol. The lowest BCUT2D eigenvalue weighted by molar-refractivity contribution is -0.150. The highest BCUT2D eigenvalue weighted by Gasteiger charge is 2.38. The third-order valence-electron chi connectivity index (χ3n) is 2.72. The van der Waals surface area contributed by atoms with Gasteiger partial charge in [-0.05, 0) is 31.9 Å². The highest BCUT2D eigenvalue weighted by molar-refractivity contribution is 9.10. The van der Waals surface area contributed by atoms with Crippen LogP contribution in [0.15, 0.2) is 22.7 Å². The fourth-order valence-electron chi connectivity index (χ4n) is 2.01. The zero-order chi connectivity index (χ0) is 12.6. The van der Waals surface area contributed by atoms with Gasteiger partial charge >= 0.3 is 5.97 Å². The van der Waals surface area contributed by atoms with Crippen molar-refractivity contribution in [1.82, 2.24) is 0 Å². The Kier molecular flexibility index (Phi) is 3.33. The lowest BCUT2D eigenvalue weighted by Gasteiger charge is -2.11. The van der Waals surface area contributed by atoms with E-state index in [2.05, 4.69) is 15.9 Å². The Morgan fingerprint density at radius 1 is 1.47 bits per heavy atom. The van der Waals surface area contributed by atoms with Crippen LogP contribution in [-0.4, -0.2) is 17.9 Å². The van der Waals surface area contributed by atoms with E-state index in [0.717, 1.165) is 10.0 Å². The van der Waals surface area contributed by atoms with E-state index >= 15 is 0 Å². The molecule has 0 aliphatic heterocycles. The van der Waals surface area contributed by atoms with Gasteiger partial charge in [-0.3, -0.25) is 9.59 Å². The summed E-state index contributed by atoms with van der Waals surface area (Å²) in [5.41, 5.74) is 1.54. The van der Waals surface area contributed by atoms with Crippen LogP contribution in [0.3, 0.4) is 0 Å². The smallest absolute Gasteiger partial charge is 0.317 e. The van der Waals surface area contributed by atoms with Gasteiger partial charge in [0.25, 0.3) is 0 Å². The number of hydrogen-bond acceptors (Lipinski definition) is 3. The van der Waals surface area contributed by atoms with Crippen LogP contribution in [0, 0.1) is 5.92 Å². The first-order valence-corrected chi connectivity index (χ1v) is 6.32. The molecule has 0 spiro atoms.